The number of benzene rings is 1. The fourth-order valence-electron chi connectivity index (χ4n) is 1.62. The van der Waals surface area contributed by atoms with Gasteiger partial charge in [-0.3, -0.25) is 0 Å². The van der Waals surface area contributed by atoms with Crippen LogP contribution in [0.15, 0.2) is 24.3 Å². The summed E-state index contributed by atoms with van der Waals surface area (Å²) < 4.78 is 18.2. The zero-order valence-electron chi connectivity index (χ0n) is 10.6. The molecular weight excluding hydrogens is 269 g/mol. The lowest BCUT2D eigenvalue weighted by atomic mass is 10.1. The fraction of sp³-hybridized carbons (Fsp3) is 0.231. The van der Waals surface area contributed by atoms with Crippen LogP contribution < -0.4 is 5.32 Å². The van der Waals surface area contributed by atoms with E-state index >= 15 is 0 Å². The highest BCUT2D eigenvalue weighted by Crippen LogP contribution is 2.25. The Bertz CT molecular complexity index is 592. The van der Waals surface area contributed by atoms with Crippen LogP contribution in [0.2, 0.25) is 5.02 Å². The first-order chi connectivity index (χ1) is 9.13. The minimum absolute atomic E-state index is 0.0652. The van der Waals surface area contributed by atoms with Gasteiger partial charge in [-0.05, 0) is 18.2 Å². The lowest BCUT2D eigenvalue weighted by Crippen LogP contribution is -2.02. The maximum absolute atomic E-state index is 13.2. The van der Waals surface area contributed by atoms with Gasteiger partial charge < -0.3 is 10.1 Å². The number of hydrogen-bond acceptors (Lipinski definition) is 4. The number of nitrogens with zero attached hydrogens (tertiary/aromatic N) is 2. The van der Waals surface area contributed by atoms with Gasteiger partial charge in [-0.15, -0.1) is 0 Å². The van der Waals surface area contributed by atoms with Gasteiger partial charge in [0.15, 0.2) is 5.82 Å². The number of halogens is 2. The van der Waals surface area contributed by atoms with Gasteiger partial charge in [-0.1, -0.05) is 11.6 Å². The van der Waals surface area contributed by atoms with E-state index in [4.69, 9.17) is 16.3 Å². The van der Waals surface area contributed by atoms with Crippen LogP contribution in [0, 0.1) is 5.82 Å². The summed E-state index contributed by atoms with van der Waals surface area (Å²) in [6.07, 6.45) is 0. The predicted molar refractivity (Wildman–Crippen MR) is 72.7 cm³/mol. The van der Waals surface area contributed by atoms with Gasteiger partial charge in [-0.25, -0.2) is 14.4 Å². The Morgan fingerprint density at radius 2 is 2.11 bits per heavy atom. The summed E-state index contributed by atoms with van der Waals surface area (Å²) in [5.41, 5.74) is 1.39. The second-order valence-electron chi connectivity index (χ2n) is 3.87. The van der Waals surface area contributed by atoms with E-state index in [0.29, 0.717) is 23.9 Å². The Kier molecular flexibility index (Phi) is 4.29. The van der Waals surface area contributed by atoms with Crippen molar-refractivity contribution in [3.05, 3.63) is 40.9 Å². The number of methoxy groups -OCH3 is 1. The average molecular weight is 282 g/mol. The molecule has 0 aliphatic heterocycles. The van der Waals surface area contributed by atoms with Gasteiger partial charge in [0.1, 0.15) is 18.2 Å². The molecule has 0 bridgehead atoms. The topological polar surface area (TPSA) is 47.0 Å². The molecule has 2 aromatic rings. The molecule has 0 amide bonds. The van der Waals surface area contributed by atoms with Crippen molar-refractivity contribution in [2.45, 2.75) is 6.61 Å². The summed E-state index contributed by atoms with van der Waals surface area (Å²) in [6, 6.07) is 6.24. The summed E-state index contributed by atoms with van der Waals surface area (Å²) in [7, 11) is 3.34. The van der Waals surface area contributed by atoms with Crippen LogP contribution in [0.3, 0.4) is 0 Å². The van der Waals surface area contributed by atoms with Gasteiger partial charge in [0.05, 0.1) is 10.7 Å². The van der Waals surface area contributed by atoms with Crippen LogP contribution in [0.4, 0.5) is 10.2 Å². The van der Waals surface area contributed by atoms with Crippen molar-refractivity contribution in [3.63, 3.8) is 0 Å². The summed E-state index contributed by atoms with van der Waals surface area (Å²) in [4.78, 5) is 8.61. The monoisotopic (exact) mass is 281 g/mol. The zero-order chi connectivity index (χ0) is 13.8. The van der Waals surface area contributed by atoms with Crippen molar-refractivity contribution in [2.75, 3.05) is 19.5 Å². The van der Waals surface area contributed by atoms with Crippen LogP contribution in [0.25, 0.3) is 11.3 Å². The summed E-state index contributed by atoms with van der Waals surface area (Å²) >= 11 is 5.78. The number of hydrogen-bond donors (Lipinski definition) is 1. The second-order valence-corrected chi connectivity index (χ2v) is 4.27. The SMILES string of the molecule is CNc1cc(-c2ccc(F)c(Cl)c2)nc(COC)n1. The molecule has 0 saturated carbocycles. The third kappa shape index (κ3) is 3.19. The highest BCUT2D eigenvalue weighted by atomic mass is 35.5. The molecular formula is C13H13ClFN3O. The molecule has 1 heterocycles. The largest absolute Gasteiger partial charge is 0.377 e. The molecule has 0 unspecified atom stereocenters. The summed E-state index contributed by atoms with van der Waals surface area (Å²) in [5.74, 6) is 0.757. The van der Waals surface area contributed by atoms with E-state index in [0.717, 1.165) is 5.56 Å². The van der Waals surface area contributed by atoms with Crippen LogP contribution in [-0.2, 0) is 11.3 Å². The normalized spacial score (nSPS) is 10.5. The first-order valence-electron chi connectivity index (χ1n) is 5.64. The van der Waals surface area contributed by atoms with E-state index in [-0.39, 0.29) is 5.02 Å². The van der Waals surface area contributed by atoms with Gasteiger partial charge in [0, 0.05) is 25.8 Å². The maximum Gasteiger partial charge on any atom is 0.157 e. The highest BCUT2D eigenvalue weighted by Gasteiger charge is 2.08. The molecule has 1 N–H and O–H groups in total. The molecule has 1 aromatic heterocycles. The van der Waals surface area contributed by atoms with E-state index in [1.165, 1.54) is 12.1 Å². The molecule has 19 heavy (non-hydrogen) atoms. The molecule has 2 rings (SSSR count). The van der Waals surface area contributed by atoms with E-state index in [9.17, 15) is 4.39 Å². The highest BCUT2D eigenvalue weighted by molar-refractivity contribution is 6.31. The van der Waals surface area contributed by atoms with Gasteiger partial charge in [0.2, 0.25) is 0 Å². The molecule has 0 radical (unpaired) electrons. The Balaban J connectivity index is 2.47. The predicted octanol–water partition coefficient (Wildman–Crippen LogP) is 3.12. The Labute approximate surface area is 115 Å². The molecule has 4 nitrogen and oxygen atoms in total. The second kappa shape index (κ2) is 5.95. The number of ether oxygens (including phenoxy) is 1. The third-order valence-corrected chi connectivity index (χ3v) is 2.81. The molecule has 0 atom stereocenters. The minimum Gasteiger partial charge on any atom is -0.377 e. The molecule has 0 saturated heterocycles. The van der Waals surface area contributed by atoms with Crippen LogP contribution in [0.5, 0.6) is 0 Å². The number of anilines is 1. The molecule has 100 valence electrons. The summed E-state index contributed by atoms with van der Waals surface area (Å²) in [6.45, 7) is 0.303. The first kappa shape index (κ1) is 13.7. The third-order valence-electron chi connectivity index (χ3n) is 2.52. The number of nitrogens with one attached hydrogen (secondary N) is 1. The minimum atomic E-state index is -0.453. The number of rotatable bonds is 4. The van der Waals surface area contributed by atoms with Gasteiger partial charge in [0.25, 0.3) is 0 Å². The van der Waals surface area contributed by atoms with Crippen LogP contribution >= 0.6 is 11.6 Å². The van der Waals surface area contributed by atoms with E-state index < -0.39 is 5.82 Å². The molecule has 0 aliphatic carbocycles. The Hall–Kier alpha value is -1.72. The zero-order valence-corrected chi connectivity index (χ0v) is 11.3. The Morgan fingerprint density at radius 1 is 1.32 bits per heavy atom. The molecule has 6 heteroatoms. The molecule has 0 spiro atoms. The first-order valence-corrected chi connectivity index (χ1v) is 6.02. The van der Waals surface area contributed by atoms with Crippen molar-refractivity contribution in [3.8, 4) is 11.3 Å². The van der Waals surface area contributed by atoms with Crippen molar-refractivity contribution in [1.29, 1.82) is 0 Å². The lowest BCUT2D eigenvalue weighted by molar-refractivity contribution is 0.178. The standard InChI is InChI=1S/C13H13ClFN3O/c1-16-12-6-11(17-13(18-12)7-19-2)8-3-4-10(15)9(14)5-8/h3-6H,7H2,1-2H3,(H,16,17,18). The van der Waals surface area contributed by atoms with Crippen molar-refractivity contribution in [1.82, 2.24) is 9.97 Å². The van der Waals surface area contributed by atoms with E-state index in [1.807, 2.05) is 0 Å². The van der Waals surface area contributed by atoms with Gasteiger partial charge >= 0.3 is 0 Å². The smallest absolute Gasteiger partial charge is 0.157 e. The lowest BCUT2D eigenvalue weighted by Gasteiger charge is -2.08. The van der Waals surface area contributed by atoms with Crippen LogP contribution in [-0.4, -0.2) is 24.1 Å². The molecule has 0 aliphatic rings. The maximum atomic E-state index is 13.2. The quantitative estimate of drug-likeness (QED) is 0.935. The van der Waals surface area contributed by atoms with Crippen molar-refractivity contribution < 1.29 is 9.13 Å². The van der Waals surface area contributed by atoms with Crippen LogP contribution in [0.1, 0.15) is 5.82 Å². The van der Waals surface area contributed by atoms with E-state index in [1.54, 1.807) is 26.3 Å². The Morgan fingerprint density at radius 3 is 2.74 bits per heavy atom. The van der Waals surface area contributed by atoms with Gasteiger partial charge in [-0.2, -0.15) is 0 Å². The summed E-state index contributed by atoms with van der Waals surface area (Å²) in [5, 5.41) is 3.01. The number of aromatic nitrogens is 2. The van der Waals surface area contributed by atoms with Crippen molar-refractivity contribution in [2.24, 2.45) is 0 Å². The fourth-order valence-corrected chi connectivity index (χ4v) is 1.80. The van der Waals surface area contributed by atoms with E-state index in [2.05, 4.69) is 15.3 Å². The molecule has 0 fully saturated rings. The van der Waals surface area contributed by atoms with Crippen molar-refractivity contribution >= 4 is 17.4 Å². The average Bonchev–Trinajstić information content (AvgIpc) is 2.42. The molecule has 1 aromatic carbocycles.